The molecular weight excluding hydrogens is 455 g/mol. The van der Waals surface area contributed by atoms with Gasteiger partial charge < -0.3 is 24.3 Å². The summed E-state index contributed by atoms with van der Waals surface area (Å²) in [5.74, 6) is 0.389. The molecule has 1 aliphatic carbocycles. The van der Waals surface area contributed by atoms with E-state index in [0.717, 1.165) is 5.56 Å². The highest BCUT2D eigenvalue weighted by Gasteiger charge is 2.32. The summed E-state index contributed by atoms with van der Waals surface area (Å²) < 4.78 is 59.9. The number of aryl methyl sites for hydroxylation is 2. The second-order valence-electron chi connectivity index (χ2n) is 7.91. The summed E-state index contributed by atoms with van der Waals surface area (Å²) in [5, 5.41) is 2.84. The highest BCUT2D eigenvalue weighted by Crippen LogP contribution is 2.50. The Hall–Kier alpha value is -3.43. The first kappa shape index (κ1) is 25.2. The monoisotopic (exact) mass is 481 g/mol. The summed E-state index contributed by atoms with van der Waals surface area (Å²) in [4.78, 5) is 24.9. The fraction of sp³-hybridized carbons (Fsp3) is 0.417. The normalized spacial score (nSPS) is 14.9. The molecule has 1 N–H and O–H groups in total. The number of benzene rings is 1. The van der Waals surface area contributed by atoms with Gasteiger partial charge >= 0.3 is 6.18 Å². The Kier molecular flexibility index (Phi) is 7.28. The number of rotatable bonds is 6. The Bertz CT molecular complexity index is 1160. The minimum Gasteiger partial charge on any atom is -0.493 e. The van der Waals surface area contributed by atoms with Gasteiger partial charge in [0.25, 0.3) is 0 Å². The Balaban J connectivity index is 2.38. The fourth-order valence-corrected chi connectivity index (χ4v) is 4.24. The number of hydrogen-bond acceptors (Lipinski definition) is 6. The van der Waals surface area contributed by atoms with E-state index in [0.29, 0.717) is 46.8 Å². The minimum atomic E-state index is -4.61. The molecule has 0 aromatic heterocycles. The van der Waals surface area contributed by atoms with Crippen LogP contribution in [-0.4, -0.2) is 40.0 Å². The molecular formula is C24H26F3NO6. The molecule has 7 nitrogen and oxygen atoms in total. The first-order chi connectivity index (χ1) is 16.0. The van der Waals surface area contributed by atoms with E-state index in [-0.39, 0.29) is 11.5 Å². The van der Waals surface area contributed by atoms with Crippen molar-refractivity contribution in [2.24, 2.45) is 0 Å². The number of carbonyl (C=O) groups excluding carboxylic acids is 1. The average Bonchev–Trinajstić information content (AvgIpc) is 2.96. The Morgan fingerprint density at radius 3 is 2.29 bits per heavy atom. The summed E-state index contributed by atoms with van der Waals surface area (Å²) in [5.41, 5.74) is 1.85. The van der Waals surface area contributed by atoms with Crippen molar-refractivity contribution < 1.29 is 36.9 Å². The zero-order valence-electron chi connectivity index (χ0n) is 19.5. The molecule has 0 saturated carbocycles. The first-order valence-corrected chi connectivity index (χ1v) is 10.5. The van der Waals surface area contributed by atoms with Crippen LogP contribution in [0.25, 0.3) is 11.1 Å². The third-order valence-corrected chi connectivity index (χ3v) is 5.56. The maximum absolute atomic E-state index is 13.0. The second kappa shape index (κ2) is 9.82. The maximum Gasteiger partial charge on any atom is 0.422 e. The third kappa shape index (κ3) is 5.05. The first-order valence-electron chi connectivity index (χ1n) is 10.5. The van der Waals surface area contributed by atoms with Crippen LogP contribution in [0.3, 0.4) is 0 Å². The lowest BCUT2D eigenvalue weighted by molar-refractivity contribution is -0.153. The van der Waals surface area contributed by atoms with Crippen molar-refractivity contribution in [1.29, 1.82) is 0 Å². The van der Waals surface area contributed by atoms with Gasteiger partial charge in [0.15, 0.2) is 23.9 Å². The third-order valence-electron chi connectivity index (χ3n) is 5.56. The van der Waals surface area contributed by atoms with Crippen LogP contribution in [-0.2, 0) is 11.2 Å². The van der Waals surface area contributed by atoms with Crippen molar-refractivity contribution in [2.75, 3.05) is 27.9 Å². The summed E-state index contributed by atoms with van der Waals surface area (Å²) in [6.07, 6.45) is -3.68. The summed E-state index contributed by atoms with van der Waals surface area (Å²) in [6.45, 7) is 1.25. The predicted molar refractivity (Wildman–Crippen MR) is 119 cm³/mol. The molecule has 0 radical (unpaired) electrons. The topological polar surface area (TPSA) is 83.1 Å². The van der Waals surface area contributed by atoms with E-state index in [1.54, 1.807) is 12.1 Å². The van der Waals surface area contributed by atoms with Crippen molar-refractivity contribution in [3.63, 3.8) is 0 Å². The lowest BCUT2D eigenvalue weighted by Crippen LogP contribution is -2.26. The van der Waals surface area contributed by atoms with Crippen molar-refractivity contribution in [3.05, 3.63) is 45.1 Å². The molecule has 3 rings (SSSR count). The number of hydrogen-bond donors (Lipinski definition) is 1. The lowest BCUT2D eigenvalue weighted by Gasteiger charge is -2.20. The minimum absolute atomic E-state index is 0.210. The van der Waals surface area contributed by atoms with Gasteiger partial charge in [0, 0.05) is 12.5 Å². The van der Waals surface area contributed by atoms with Crippen LogP contribution in [0, 0.1) is 6.92 Å². The highest BCUT2D eigenvalue weighted by atomic mass is 19.4. The molecule has 10 heteroatoms. The Labute approximate surface area is 194 Å². The van der Waals surface area contributed by atoms with Gasteiger partial charge in [-0.2, -0.15) is 13.2 Å². The van der Waals surface area contributed by atoms with Crippen LogP contribution in [0.5, 0.6) is 23.0 Å². The van der Waals surface area contributed by atoms with Crippen LogP contribution in [0.4, 0.5) is 13.2 Å². The van der Waals surface area contributed by atoms with Gasteiger partial charge in [-0.05, 0) is 60.2 Å². The van der Waals surface area contributed by atoms with E-state index >= 15 is 0 Å². The number of amides is 1. The smallest absolute Gasteiger partial charge is 0.422 e. The van der Waals surface area contributed by atoms with Gasteiger partial charge in [-0.25, -0.2) is 0 Å². The number of alkyl halides is 3. The zero-order valence-corrected chi connectivity index (χ0v) is 19.5. The number of ether oxygens (including phenoxy) is 4. The van der Waals surface area contributed by atoms with Gasteiger partial charge in [-0.15, -0.1) is 0 Å². The van der Waals surface area contributed by atoms with Crippen LogP contribution in [0.15, 0.2) is 23.0 Å². The second-order valence-corrected chi connectivity index (χ2v) is 7.91. The quantitative estimate of drug-likeness (QED) is 0.669. The van der Waals surface area contributed by atoms with Crippen LogP contribution in [0.2, 0.25) is 0 Å². The van der Waals surface area contributed by atoms with Gasteiger partial charge in [-0.3, -0.25) is 9.59 Å². The van der Waals surface area contributed by atoms with Crippen molar-refractivity contribution in [3.8, 4) is 34.1 Å². The van der Waals surface area contributed by atoms with Gasteiger partial charge in [0.05, 0.1) is 27.4 Å². The van der Waals surface area contributed by atoms with E-state index in [4.69, 9.17) is 18.9 Å². The molecule has 2 aromatic rings. The molecule has 184 valence electrons. The number of halogens is 3. The SMILES string of the molecule is COc1cc2c(c(OC)c1OC)-c1cc(C)c(OCC(F)(F)F)c(=O)cc1C(NC(C)=O)CC2. The van der Waals surface area contributed by atoms with E-state index in [2.05, 4.69) is 5.32 Å². The van der Waals surface area contributed by atoms with Crippen molar-refractivity contribution in [1.82, 2.24) is 5.32 Å². The van der Waals surface area contributed by atoms with Crippen molar-refractivity contribution in [2.45, 2.75) is 38.9 Å². The number of methoxy groups -OCH3 is 3. The molecule has 0 saturated heterocycles. The van der Waals surface area contributed by atoms with Gasteiger partial charge in [-0.1, -0.05) is 0 Å². The molecule has 1 unspecified atom stereocenters. The molecule has 0 spiro atoms. The summed E-state index contributed by atoms with van der Waals surface area (Å²) in [7, 11) is 4.41. The summed E-state index contributed by atoms with van der Waals surface area (Å²) >= 11 is 0. The van der Waals surface area contributed by atoms with Gasteiger partial charge in [0.2, 0.25) is 17.1 Å². The van der Waals surface area contributed by atoms with E-state index in [9.17, 15) is 22.8 Å². The molecule has 34 heavy (non-hydrogen) atoms. The number of fused-ring (bicyclic) bond motifs is 3. The molecule has 0 bridgehead atoms. The predicted octanol–water partition coefficient (Wildman–Crippen LogP) is 4.11. The number of nitrogens with one attached hydrogen (secondary N) is 1. The largest absolute Gasteiger partial charge is 0.493 e. The standard InChI is InChI=1S/C24H26F3NO6/c1-12-8-16-15(10-18(30)21(12)34-11-24(25,26)27)17(28-13(2)29)7-6-14-9-19(31-3)22(32-4)23(33-5)20(14)16/h8-10,17H,6-7,11H2,1-5H3,(H,28,29). The molecule has 0 heterocycles. The van der Waals surface area contributed by atoms with Crippen LogP contribution in [0.1, 0.15) is 36.1 Å². The Morgan fingerprint density at radius 2 is 1.74 bits per heavy atom. The Morgan fingerprint density at radius 1 is 1.06 bits per heavy atom. The molecule has 0 fully saturated rings. The molecule has 0 aliphatic heterocycles. The van der Waals surface area contributed by atoms with Crippen LogP contribution < -0.4 is 29.7 Å². The zero-order chi connectivity index (χ0) is 25.2. The van der Waals surface area contributed by atoms with Gasteiger partial charge in [0.1, 0.15) is 0 Å². The lowest BCUT2D eigenvalue weighted by atomic mass is 9.95. The average molecular weight is 481 g/mol. The summed E-state index contributed by atoms with van der Waals surface area (Å²) in [6, 6.07) is 4.02. The molecule has 1 amide bonds. The molecule has 2 aromatic carbocycles. The fourth-order valence-electron chi connectivity index (χ4n) is 4.24. The van der Waals surface area contributed by atoms with E-state index in [1.807, 2.05) is 0 Å². The van der Waals surface area contributed by atoms with Crippen LogP contribution >= 0.6 is 0 Å². The molecule has 1 aliphatic rings. The number of carbonyl (C=O) groups is 1. The molecule has 1 atom stereocenters. The maximum atomic E-state index is 13.0. The van der Waals surface area contributed by atoms with E-state index in [1.165, 1.54) is 41.2 Å². The van der Waals surface area contributed by atoms with Crippen molar-refractivity contribution >= 4 is 5.91 Å². The highest BCUT2D eigenvalue weighted by molar-refractivity contribution is 5.84. The van der Waals surface area contributed by atoms with E-state index < -0.39 is 30.0 Å².